The van der Waals surface area contributed by atoms with Gasteiger partial charge >= 0.3 is 0 Å². The Kier molecular flexibility index (Phi) is 10.9. The first kappa shape index (κ1) is 19.9. The van der Waals surface area contributed by atoms with Crippen LogP contribution in [0.4, 0.5) is 0 Å². The zero-order chi connectivity index (χ0) is 15.5. The molecule has 19 heavy (non-hydrogen) atoms. The first-order valence-corrected chi connectivity index (χ1v) is 6.54. The molecule has 1 aromatic carbocycles. The van der Waals surface area contributed by atoms with E-state index in [4.69, 9.17) is 24.7 Å². The number of carboxylic acids is 1. The molecule has 0 aliphatic rings. The molecule has 7 nitrogen and oxygen atoms in total. The van der Waals surface area contributed by atoms with E-state index in [0.29, 0.717) is 0 Å². The topological polar surface area (TPSA) is 132 Å². The van der Waals surface area contributed by atoms with Crippen LogP contribution < -0.4 is 0 Å². The summed E-state index contributed by atoms with van der Waals surface area (Å²) in [5.74, 6) is -0.833. The van der Waals surface area contributed by atoms with Gasteiger partial charge in [-0.3, -0.25) is 9.35 Å². The molecular weight excluding hydrogens is 276 g/mol. The Morgan fingerprint density at radius 1 is 1.11 bits per heavy atom. The molecule has 0 fully saturated rings. The molecule has 0 atom stereocenters. The summed E-state index contributed by atoms with van der Waals surface area (Å²) in [6, 6.07) is 5.99. The van der Waals surface area contributed by atoms with E-state index in [1.807, 2.05) is 6.92 Å². The minimum absolute atomic E-state index is 0.0666. The molecular formula is C11H18O7S. The van der Waals surface area contributed by atoms with Gasteiger partial charge < -0.3 is 15.3 Å². The summed E-state index contributed by atoms with van der Waals surface area (Å²) in [7, 11) is -4.02. The van der Waals surface area contributed by atoms with Gasteiger partial charge in [-0.15, -0.1) is 0 Å². The standard InChI is InChI=1S/C7H8O3S.C2H4O2.C2H6O2/c1-6-2-4-7(5-3-6)11(8,9)10;1-2(3)4;3-1-2-4/h2-5H,1H3,(H,8,9,10);1H3,(H,3,4);3-4H,1-2H2. The van der Waals surface area contributed by atoms with Crippen LogP contribution in [0.5, 0.6) is 0 Å². The van der Waals surface area contributed by atoms with Crippen molar-refractivity contribution in [1.82, 2.24) is 0 Å². The van der Waals surface area contributed by atoms with Crippen molar-refractivity contribution in [2.45, 2.75) is 18.7 Å². The number of aliphatic hydroxyl groups is 2. The highest BCUT2D eigenvalue weighted by Crippen LogP contribution is 2.08. The van der Waals surface area contributed by atoms with Crippen LogP contribution in [0.1, 0.15) is 12.5 Å². The lowest BCUT2D eigenvalue weighted by molar-refractivity contribution is -0.134. The summed E-state index contributed by atoms with van der Waals surface area (Å²) in [6.45, 7) is 2.67. The highest BCUT2D eigenvalue weighted by molar-refractivity contribution is 7.85. The fourth-order valence-electron chi connectivity index (χ4n) is 0.710. The van der Waals surface area contributed by atoms with Crippen LogP contribution in [0.15, 0.2) is 29.2 Å². The first-order valence-electron chi connectivity index (χ1n) is 5.10. The maximum absolute atomic E-state index is 10.5. The summed E-state index contributed by atoms with van der Waals surface area (Å²) < 4.78 is 29.6. The molecule has 0 heterocycles. The van der Waals surface area contributed by atoms with Crippen molar-refractivity contribution in [2.75, 3.05) is 13.2 Å². The number of aliphatic hydroxyl groups excluding tert-OH is 2. The predicted molar refractivity (Wildman–Crippen MR) is 68.5 cm³/mol. The third-order valence-electron chi connectivity index (χ3n) is 1.42. The van der Waals surface area contributed by atoms with Crippen LogP contribution in [0.2, 0.25) is 0 Å². The summed E-state index contributed by atoms with van der Waals surface area (Å²) in [6.07, 6.45) is 0. The molecule has 0 aliphatic carbocycles. The fourth-order valence-corrected chi connectivity index (χ4v) is 1.19. The minimum atomic E-state index is -4.02. The van der Waals surface area contributed by atoms with E-state index in [0.717, 1.165) is 12.5 Å². The second-order valence-corrected chi connectivity index (χ2v) is 4.68. The van der Waals surface area contributed by atoms with E-state index in [1.54, 1.807) is 12.1 Å². The third-order valence-corrected chi connectivity index (χ3v) is 2.29. The van der Waals surface area contributed by atoms with Gasteiger partial charge in [-0.2, -0.15) is 8.42 Å². The predicted octanol–water partition coefficient (Wildman–Crippen LogP) is 0.304. The van der Waals surface area contributed by atoms with Crippen LogP contribution >= 0.6 is 0 Å². The monoisotopic (exact) mass is 294 g/mol. The van der Waals surface area contributed by atoms with E-state index in [9.17, 15) is 8.42 Å². The van der Waals surface area contributed by atoms with Crippen molar-refractivity contribution < 1.29 is 33.1 Å². The number of aliphatic carboxylic acids is 1. The van der Waals surface area contributed by atoms with Crippen molar-refractivity contribution in [3.63, 3.8) is 0 Å². The van der Waals surface area contributed by atoms with Crippen LogP contribution in [-0.4, -0.2) is 47.5 Å². The second-order valence-electron chi connectivity index (χ2n) is 3.25. The molecule has 4 N–H and O–H groups in total. The molecule has 0 amide bonds. The second kappa shape index (κ2) is 10.4. The minimum Gasteiger partial charge on any atom is -0.481 e. The Labute approximate surface area is 111 Å². The van der Waals surface area contributed by atoms with Gasteiger partial charge in [0, 0.05) is 6.92 Å². The lowest BCUT2D eigenvalue weighted by Crippen LogP contribution is -1.96. The summed E-state index contributed by atoms with van der Waals surface area (Å²) in [4.78, 5) is 8.93. The molecule has 1 rings (SSSR count). The van der Waals surface area contributed by atoms with Gasteiger partial charge in [0.2, 0.25) is 0 Å². The molecule has 0 aliphatic heterocycles. The quantitative estimate of drug-likeness (QED) is 0.577. The summed E-state index contributed by atoms with van der Waals surface area (Å²) in [5, 5.41) is 22.7. The third kappa shape index (κ3) is 14.5. The number of aryl methyl sites for hydroxylation is 1. The van der Waals surface area contributed by atoms with Gasteiger partial charge in [0.1, 0.15) is 0 Å². The Morgan fingerprint density at radius 3 is 1.63 bits per heavy atom. The number of hydrogen-bond acceptors (Lipinski definition) is 5. The average Bonchev–Trinajstić information content (AvgIpc) is 2.28. The molecule has 0 spiro atoms. The smallest absolute Gasteiger partial charge is 0.300 e. The highest BCUT2D eigenvalue weighted by Gasteiger charge is 2.06. The molecule has 110 valence electrons. The van der Waals surface area contributed by atoms with Gasteiger partial charge in [-0.05, 0) is 19.1 Å². The van der Waals surface area contributed by atoms with Crippen molar-refractivity contribution in [1.29, 1.82) is 0 Å². The van der Waals surface area contributed by atoms with Gasteiger partial charge in [0.05, 0.1) is 18.1 Å². The van der Waals surface area contributed by atoms with Gasteiger partial charge in [0.15, 0.2) is 0 Å². The number of carboxylic acid groups (broad SMARTS) is 1. The Hall–Kier alpha value is -1.48. The Morgan fingerprint density at radius 2 is 1.42 bits per heavy atom. The van der Waals surface area contributed by atoms with E-state index in [2.05, 4.69) is 0 Å². The molecule has 0 unspecified atom stereocenters. The molecule has 0 bridgehead atoms. The van der Waals surface area contributed by atoms with Crippen molar-refractivity contribution >= 4 is 16.1 Å². The molecule has 1 aromatic rings. The van der Waals surface area contributed by atoms with E-state index < -0.39 is 16.1 Å². The summed E-state index contributed by atoms with van der Waals surface area (Å²) in [5.41, 5.74) is 0.956. The van der Waals surface area contributed by atoms with Crippen LogP contribution in [-0.2, 0) is 14.9 Å². The van der Waals surface area contributed by atoms with E-state index in [1.165, 1.54) is 12.1 Å². The molecule has 0 aromatic heterocycles. The zero-order valence-electron chi connectivity index (χ0n) is 10.6. The van der Waals surface area contributed by atoms with Gasteiger partial charge in [-0.25, -0.2) is 0 Å². The number of rotatable bonds is 2. The number of carbonyl (C=O) groups is 1. The van der Waals surface area contributed by atoms with Crippen molar-refractivity contribution in [3.05, 3.63) is 29.8 Å². The van der Waals surface area contributed by atoms with Crippen molar-refractivity contribution in [2.24, 2.45) is 0 Å². The van der Waals surface area contributed by atoms with Gasteiger partial charge in [0.25, 0.3) is 16.1 Å². The summed E-state index contributed by atoms with van der Waals surface area (Å²) >= 11 is 0. The number of hydrogen-bond donors (Lipinski definition) is 4. The van der Waals surface area contributed by atoms with E-state index in [-0.39, 0.29) is 18.1 Å². The fraction of sp³-hybridized carbons (Fsp3) is 0.364. The molecule has 0 saturated carbocycles. The van der Waals surface area contributed by atoms with Crippen molar-refractivity contribution in [3.8, 4) is 0 Å². The van der Waals surface area contributed by atoms with Crippen LogP contribution in [0, 0.1) is 6.92 Å². The lowest BCUT2D eigenvalue weighted by atomic mass is 10.2. The molecule has 0 radical (unpaired) electrons. The Bertz CT molecular complexity index is 444. The number of benzene rings is 1. The lowest BCUT2D eigenvalue weighted by Gasteiger charge is -1.95. The largest absolute Gasteiger partial charge is 0.481 e. The normalized spacial score (nSPS) is 9.53. The van der Waals surface area contributed by atoms with Crippen LogP contribution in [0.25, 0.3) is 0 Å². The maximum Gasteiger partial charge on any atom is 0.300 e. The SMILES string of the molecule is CC(=O)O.Cc1ccc(S(=O)(=O)O)cc1.OCCO. The Balaban J connectivity index is 0. The first-order chi connectivity index (χ1) is 8.65. The van der Waals surface area contributed by atoms with E-state index >= 15 is 0 Å². The van der Waals surface area contributed by atoms with Gasteiger partial charge in [-0.1, -0.05) is 17.7 Å². The maximum atomic E-state index is 10.5. The molecule has 8 heteroatoms. The zero-order valence-corrected chi connectivity index (χ0v) is 11.5. The molecule has 0 saturated heterocycles. The average molecular weight is 294 g/mol. The highest BCUT2D eigenvalue weighted by atomic mass is 32.2. The van der Waals surface area contributed by atoms with Crippen LogP contribution in [0.3, 0.4) is 0 Å².